The lowest BCUT2D eigenvalue weighted by Crippen LogP contribution is -1.99. The second-order valence-electron chi connectivity index (χ2n) is 4.44. The number of hydrogen-bond acceptors (Lipinski definition) is 5. The van der Waals surface area contributed by atoms with Crippen LogP contribution in [0.5, 0.6) is 0 Å². The maximum atomic E-state index is 8.95. The fourth-order valence-electron chi connectivity index (χ4n) is 2.01. The Morgan fingerprint density at radius 1 is 0.952 bits per heavy atom. The Morgan fingerprint density at radius 2 is 1.71 bits per heavy atom. The summed E-state index contributed by atoms with van der Waals surface area (Å²) in [4.78, 5) is 9.08. The Hall–Kier alpha value is -2.11. The topological polar surface area (TPSA) is 58.0 Å². The van der Waals surface area contributed by atoms with Crippen molar-refractivity contribution in [2.45, 2.75) is 5.16 Å². The van der Waals surface area contributed by atoms with Gasteiger partial charge in [-0.2, -0.15) is 0 Å². The van der Waals surface area contributed by atoms with Crippen molar-refractivity contribution in [1.82, 2.24) is 9.97 Å². The first-order chi connectivity index (χ1) is 10.4. The molecule has 0 amide bonds. The largest absolute Gasteiger partial charge is 0.396 e. The number of para-hydroxylation sites is 2. The molecule has 0 aliphatic heterocycles. The molecule has 1 aromatic heterocycles. The molecule has 0 atom stereocenters. The number of nitrogens with one attached hydrogen (secondary N) is 1. The third kappa shape index (κ3) is 3.32. The minimum atomic E-state index is 0.113. The summed E-state index contributed by atoms with van der Waals surface area (Å²) in [7, 11) is 0. The molecule has 0 aliphatic carbocycles. The molecule has 0 saturated heterocycles. The predicted octanol–water partition coefficient (Wildman–Crippen LogP) is 3.46. The third-order valence-corrected chi connectivity index (χ3v) is 3.77. The van der Waals surface area contributed by atoms with Gasteiger partial charge in [0.15, 0.2) is 5.16 Å². The van der Waals surface area contributed by atoms with Crippen molar-refractivity contribution in [2.75, 3.05) is 17.7 Å². The quantitative estimate of drug-likeness (QED) is 0.558. The third-order valence-electron chi connectivity index (χ3n) is 2.94. The highest BCUT2D eigenvalue weighted by atomic mass is 32.2. The molecule has 4 nitrogen and oxygen atoms in total. The zero-order chi connectivity index (χ0) is 14.5. The van der Waals surface area contributed by atoms with Crippen molar-refractivity contribution in [2.24, 2.45) is 0 Å². The lowest BCUT2D eigenvalue weighted by Gasteiger charge is -2.10. The Bertz CT molecular complexity index is 734. The number of hydrogen-bond donors (Lipinski definition) is 2. The Balaban J connectivity index is 2.02. The molecule has 106 valence electrons. The molecule has 0 fully saturated rings. The summed E-state index contributed by atoms with van der Waals surface area (Å²) in [6.45, 7) is 0.113. The molecule has 0 saturated carbocycles. The Kier molecular flexibility index (Phi) is 4.33. The van der Waals surface area contributed by atoms with Gasteiger partial charge in [0.1, 0.15) is 5.82 Å². The maximum absolute atomic E-state index is 8.95. The zero-order valence-corrected chi connectivity index (χ0v) is 12.2. The van der Waals surface area contributed by atoms with Crippen LogP contribution in [0.15, 0.2) is 59.8 Å². The predicted molar refractivity (Wildman–Crippen MR) is 87.1 cm³/mol. The molecule has 0 unspecified atom stereocenters. The van der Waals surface area contributed by atoms with Crippen LogP contribution in [0.25, 0.3) is 10.9 Å². The van der Waals surface area contributed by atoms with Gasteiger partial charge < -0.3 is 10.4 Å². The number of aliphatic hydroxyl groups excluding tert-OH is 1. The molecular formula is C16H15N3OS. The number of anilines is 2. The molecule has 0 radical (unpaired) electrons. The van der Waals surface area contributed by atoms with E-state index in [4.69, 9.17) is 5.11 Å². The van der Waals surface area contributed by atoms with Crippen LogP contribution < -0.4 is 5.32 Å². The van der Waals surface area contributed by atoms with E-state index in [1.807, 2.05) is 54.6 Å². The van der Waals surface area contributed by atoms with E-state index < -0.39 is 0 Å². The molecule has 3 aromatic rings. The molecule has 0 aliphatic rings. The van der Waals surface area contributed by atoms with Crippen LogP contribution in [0.4, 0.5) is 11.5 Å². The Labute approximate surface area is 127 Å². The standard InChI is InChI=1S/C16H15N3OS/c20-10-11-21-16-18-14-9-5-4-8-13(14)15(19-16)17-12-6-2-1-3-7-12/h1-9,20H,10-11H2,(H,17,18,19). The van der Waals surface area contributed by atoms with E-state index in [0.29, 0.717) is 10.9 Å². The van der Waals surface area contributed by atoms with Gasteiger partial charge in [0.25, 0.3) is 0 Å². The normalized spacial score (nSPS) is 10.7. The van der Waals surface area contributed by atoms with Gasteiger partial charge in [0.05, 0.1) is 12.1 Å². The highest BCUT2D eigenvalue weighted by molar-refractivity contribution is 7.99. The fourth-order valence-corrected chi connectivity index (χ4v) is 2.60. The average molecular weight is 297 g/mol. The minimum absolute atomic E-state index is 0.113. The van der Waals surface area contributed by atoms with Crippen LogP contribution in [-0.4, -0.2) is 27.4 Å². The lowest BCUT2D eigenvalue weighted by molar-refractivity contribution is 0.322. The highest BCUT2D eigenvalue weighted by Gasteiger charge is 2.08. The van der Waals surface area contributed by atoms with Gasteiger partial charge in [-0.3, -0.25) is 0 Å². The number of rotatable bonds is 5. The summed E-state index contributed by atoms with van der Waals surface area (Å²) in [5.74, 6) is 1.37. The van der Waals surface area contributed by atoms with Crippen LogP contribution in [-0.2, 0) is 0 Å². The zero-order valence-electron chi connectivity index (χ0n) is 11.4. The van der Waals surface area contributed by atoms with E-state index in [1.54, 1.807) is 0 Å². The van der Waals surface area contributed by atoms with Crippen LogP contribution in [0, 0.1) is 0 Å². The van der Waals surface area contributed by atoms with Crippen LogP contribution in [0.1, 0.15) is 0 Å². The monoisotopic (exact) mass is 297 g/mol. The van der Waals surface area contributed by atoms with Gasteiger partial charge in [-0.1, -0.05) is 42.1 Å². The van der Waals surface area contributed by atoms with E-state index in [9.17, 15) is 0 Å². The van der Waals surface area contributed by atoms with Crippen molar-refractivity contribution in [3.8, 4) is 0 Å². The first-order valence-corrected chi connectivity index (χ1v) is 7.68. The van der Waals surface area contributed by atoms with Crippen molar-refractivity contribution in [3.63, 3.8) is 0 Å². The first kappa shape index (κ1) is 13.9. The smallest absolute Gasteiger partial charge is 0.190 e. The number of fused-ring (bicyclic) bond motifs is 1. The summed E-state index contributed by atoms with van der Waals surface area (Å²) in [6.07, 6.45) is 0. The number of benzene rings is 2. The summed E-state index contributed by atoms with van der Waals surface area (Å²) >= 11 is 1.45. The first-order valence-electron chi connectivity index (χ1n) is 6.69. The molecule has 2 aromatic carbocycles. The maximum Gasteiger partial charge on any atom is 0.190 e. The Morgan fingerprint density at radius 3 is 2.52 bits per heavy atom. The van der Waals surface area contributed by atoms with Gasteiger partial charge in [-0.05, 0) is 24.3 Å². The van der Waals surface area contributed by atoms with Crippen LogP contribution in [0.2, 0.25) is 0 Å². The SMILES string of the molecule is OCCSc1nc(Nc2ccccc2)c2ccccc2n1. The second-order valence-corrected chi connectivity index (χ2v) is 5.50. The molecule has 1 heterocycles. The summed E-state index contributed by atoms with van der Waals surface area (Å²) in [6, 6.07) is 17.8. The average Bonchev–Trinajstić information content (AvgIpc) is 2.54. The van der Waals surface area contributed by atoms with Crippen LogP contribution in [0.3, 0.4) is 0 Å². The minimum Gasteiger partial charge on any atom is -0.396 e. The summed E-state index contributed by atoms with van der Waals surface area (Å²) in [5.41, 5.74) is 1.88. The van der Waals surface area contributed by atoms with Crippen molar-refractivity contribution >= 4 is 34.2 Å². The summed E-state index contributed by atoms with van der Waals surface area (Å²) in [5, 5.41) is 13.9. The molecule has 3 rings (SSSR count). The number of aromatic nitrogens is 2. The molecule has 21 heavy (non-hydrogen) atoms. The van der Waals surface area contributed by atoms with E-state index in [0.717, 1.165) is 22.4 Å². The lowest BCUT2D eigenvalue weighted by atomic mass is 10.2. The molecule has 0 bridgehead atoms. The second kappa shape index (κ2) is 6.56. The van der Waals surface area contributed by atoms with E-state index in [2.05, 4.69) is 15.3 Å². The molecule has 2 N–H and O–H groups in total. The number of thioether (sulfide) groups is 1. The van der Waals surface area contributed by atoms with Gasteiger partial charge in [-0.15, -0.1) is 0 Å². The number of nitrogens with zero attached hydrogens (tertiary/aromatic N) is 2. The summed E-state index contributed by atoms with van der Waals surface area (Å²) < 4.78 is 0. The van der Waals surface area contributed by atoms with Gasteiger partial charge in [0, 0.05) is 16.8 Å². The van der Waals surface area contributed by atoms with Gasteiger partial charge >= 0.3 is 0 Å². The van der Waals surface area contributed by atoms with Crippen molar-refractivity contribution in [3.05, 3.63) is 54.6 Å². The highest BCUT2D eigenvalue weighted by Crippen LogP contribution is 2.26. The number of aliphatic hydroxyl groups is 1. The van der Waals surface area contributed by atoms with E-state index in [1.165, 1.54) is 11.8 Å². The van der Waals surface area contributed by atoms with Gasteiger partial charge in [-0.25, -0.2) is 9.97 Å². The van der Waals surface area contributed by atoms with Crippen molar-refractivity contribution in [1.29, 1.82) is 0 Å². The van der Waals surface area contributed by atoms with E-state index in [-0.39, 0.29) is 6.61 Å². The molecular weight excluding hydrogens is 282 g/mol. The molecule has 5 heteroatoms. The fraction of sp³-hybridized carbons (Fsp3) is 0.125. The van der Waals surface area contributed by atoms with Crippen LogP contribution >= 0.6 is 11.8 Å². The van der Waals surface area contributed by atoms with Gasteiger partial charge in [0.2, 0.25) is 0 Å². The van der Waals surface area contributed by atoms with Crippen molar-refractivity contribution < 1.29 is 5.11 Å². The van der Waals surface area contributed by atoms with E-state index >= 15 is 0 Å². The molecule has 0 spiro atoms.